The van der Waals surface area contributed by atoms with E-state index in [0.717, 1.165) is 0 Å². The number of benzene rings is 1. The third-order valence-electron chi connectivity index (χ3n) is 1.33. The number of hydrogen-bond acceptors (Lipinski definition) is 1. The number of rotatable bonds is 1. The van der Waals surface area contributed by atoms with E-state index in [1.165, 1.54) is 12.1 Å². The van der Waals surface area contributed by atoms with Gasteiger partial charge in [-0.2, -0.15) is 4.99 Å². The first-order chi connectivity index (χ1) is 6.97. The molecule has 0 saturated heterocycles. The number of guanidine groups is 2. The first kappa shape index (κ1) is 11.7. The predicted molar refractivity (Wildman–Crippen MR) is 66.2 cm³/mol. The third-order valence-corrected chi connectivity index (χ3v) is 1.96. The third kappa shape index (κ3) is 4.11. The summed E-state index contributed by atoms with van der Waals surface area (Å²) >= 11 is 1.97. The van der Waals surface area contributed by atoms with Crippen LogP contribution in [0.15, 0.2) is 28.2 Å². The maximum atomic E-state index is 12.9. The predicted octanol–water partition coefficient (Wildman–Crippen LogP) is 0.650. The van der Waals surface area contributed by atoms with Crippen LogP contribution >= 0.6 is 22.6 Å². The van der Waals surface area contributed by atoms with Crippen LogP contribution in [-0.4, -0.2) is 11.9 Å². The SMILES string of the molecule is NC(N)=NC(N)=Nc1cc(F)cc(I)c1. The summed E-state index contributed by atoms with van der Waals surface area (Å²) in [5, 5.41) is 0. The summed E-state index contributed by atoms with van der Waals surface area (Å²) in [6.07, 6.45) is 0. The average Bonchev–Trinajstić information content (AvgIpc) is 1.98. The maximum absolute atomic E-state index is 12.9. The molecule has 0 aliphatic carbocycles. The zero-order valence-electron chi connectivity index (χ0n) is 7.61. The number of nitrogens with zero attached hydrogens (tertiary/aromatic N) is 2. The Hall–Kier alpha value is -1.38. The average molecular weight is 321 g/mol. The Balaban J connectivity index is 3.03. The first-order valence-corrected chi connectivity index (χ1v) is 4.95. The summed E-state index contributed by atoms with van der Waals surface area (Å²) in [5.41, 5.74) is 15.9. The summed E-state index contributed by atoms with van der Waals surface area (Å²) < 4.78 is 13.7. The Morgan fingerprint density at radius 2 is 1.87 bits per heavy atom. The van der Waals surface area contributed by atoms with Crippen molar-refractivity contribution in [3.8, 4) is 0 Å². The van der Waals surface area contributed by atoms with E-state index < -0.39 is 5.82 Å². The minimum atomic E-state index is -0.391. The van der Waals surface area contributed by atoms with Crippen molar-refractivity contribution in [2.45, 2.75) is 0 Å². The number of nitrogens with two attached hydrogens (primary N) is 3. The van der Waals surface area contributed by atoms with Crippen LogP contribution in [0, 0.1) is 9.39 Å². The summed E-state index contributed by atoms with van der Waals surface area (Å²) in [4.78, 5) is 7.33. The summed E-state index contributed by atoms with van der Waals surface area (Å²) in [5.74, 6) is -0.697. The second-order valence-electron chi connectivity index (χ2n) is 2.63. The van der Waals surface area contributed by atoms with Crippen LogP contribution in [0.3, 0.4) is 0 Å². The molecule has 0 aromatic heterocycles. The Labute approximate surface area is 99.4 Å². The first-order valence-electron chi connectivity index (χ1n) is 3.87. The Morgan fingerprint density at radius 1 is 1.20 bits per heavy atom. The van der Waals surface area contributed by atoms with Gasteiger partial charge in [-0.3, -0.25) is 0 Å². The van der Waals surface area contributed by atoms with Gasteiger partial charge < -0.3 is 17.2 Å². The second-order valence-corrected chi connectivity index (χ2v) is 3.88. The molecule has 0 spiro atoms. The van der Waals surface area contributed by atoms with Crippen LogP contribution in [0.4, 0.5) is 10.1 Å². The summed E-state index contributed by atoms with van der Waals surface area (Å²) in [6.45, 7) is 0. The molecule has 15 heavy (non-hydrogen) atoms. The van der Waals surface area contributed by atoms with E-state index in [2.05, 4.69) is 9.98 Å². The molecule has 5 nitrogen and oxygen atoms in total. The zero-order chi connectivity index (χ0) is 11.4. The second kappa shape index (κ2) is 4.91. The number of aliphatic imine (C=N–C) groups is 2. The quantitative estimate of drug-likeness (QED) is 0.402. The van der Waals surface area contributed by atoms with Crippen LogP contribution < -0.4 is 17.2 Å². The fourth-order valence-electron chi connectivity index (χ4n) is 0.893. The van der Waals surface area contributed by atoms with Crippen molar-refractivity contribution in [1.82, 2.24) is 0 Å². The lowest BCUT2D eigenvalue weighted by Gasteiger charge is -1.97. The minimum absolute atomic E-state index is 0.114. The molecule has 6 N–H and O–H groups in total. The van der Waals surface area contributed by atoms with E-state index in [1.54, 1.807) is 6.07 Å². The van der Waals surface area contributed by atoms with Crippen molar-refractivity contribution in [1.29, 1.82) is 0 Å². The van der Waals surface area contributed by atoms with Crippen LogP contribution in [0.1, 0.15) is 0 Å². The van der Waals surface area contributed by atoms with Crippen LogP contribution in [-0.2, 0) is 0 Å². The smallest absolute Gasteiger partial charge is 0.223 e. The van der Waals surface area contributed by atoms with Gasteiger partial charge in [0, 0.05) is 3.57 Å². The van der Waals surface area contributed by atoms with E-state index in [4.69, 9.17) is 17.2 Å². The number of hydrogen-bond donors (Lipinski definition) is 3. The molecule has 0 saturated carbocycles. The topological polar surface area (TPSA) is 103 Å². The molecule has 0 bridgehead atoms. The molecular formula is C8H9FIN5. The molecule has 0 radical (unpaired) electrons. The molecule has 0 amide bonds. The molecule has 0 unspecified atom stereocenters. The van der Waals surface area contributed by atoms with Gasteiger partial charge in [0.1, 0.15) is 5.82 Å². The van der Waals surface area contributed by atoms with Gasteiger partial charge in [0.25, 0.3) is 0 Å². The van der Waals surface area contributed by atoms with Gasteiger partial charge in [-0.1, -0.05) is 0 Å². The van der Waals surface area contributed by atoms with Gasteiger partial charge in [0.2, 0.25) is 5.96 Å². The van der Waals surface area contributed by atoms with Crippen LogP contribution in [0.5, 0.6) is 0 Å². The van der Waals surface area contributed by atoms with E-state index >= 15 is 0 Å². The monoisotopic (exact) mass is 321 g/mol. The van der Waals surface area contributed by atoms with E-state index in [1.807, 2.05) is 22.6 Å². The van der Waals surface area contributed by atoms with Crippen molar-refractivity contribution in [2.24, 2.45) is 27.2 Å². The fourth-order valence-corrected chi connectivity index (χ4v) is 1.51. The molecule has 1 aromatic carbocycles. The normalized spacial score (nSPS) is 11.2. The van der Waals surface area contributed by atoms with Gasteiger partial charge in [0.05, 0.1) is 5.69 Å². The van der Waals surface area contributed by atoms with E-state index in [9.17, 15) is 4.39 Å². The molecule has 0 aliphatic rings. The maximum Gasteiger partial charge on any atom is 0.223 e. The van der Waals surface area contributed by atoms with Crippen LogP contribution in [0.25, 0.3) is 0 Å². The molecule has 0 fully saturated rings. The molecule has 0 heterocycles. The highest BCUT2D eigenvalue weighted by atomic mass is 127. The Morgan fingerprint density at radius 3 is 2.40 bits per heavy atom. The van der Waals surface area contributed by atoms with E-state index in [-0.39, 0.29) is 11.9 Å². The van der Waals surface area contributed by atoms with Crippen LogP contribution in [0.2, 0.25) is 0 Å². The van der Waals surface area contributed by atoms with Gasteiger partial charge in [0.15, 0.2) is 5.96 Å². The van der Waals surface area contributed by atoms with E-state index in [0.29, 0.717) is 9.26 Å². The molecule has 0 aliphatic heterocycles. The lowest BCUT2D eigenvalue weighted by atomic mass is 10.3. The van der Waals surface area contributed by atoms with Crippen molar-refractivity contribution < 1.29 is 4.39 Å². The fraction of sp³-hybridized carbons (Fsp3) is 0. The summed E-state index contributed by atoms with van der Waals surface area (Å²) in [6, 6.07) is 4.26. The van der Waals surface area contributed by atoms with Crippen molar-refractivity contribution in [3.63, 3.8) is 0 Å². The molecule has 1 aromatic rings. The molecular weight excluding hydrogens is 312 g/mol. The molecule has 1 rings (SSSR count). The highest BCUT2D eigenvalue weighted by Crippen LogP contribution is 2.18. The molecule has 0 atom stereocenters. The molecule has 80 valence electrons. The highest BCUT2D eigenvalue weighted by Gasteiger charge is 1.98. The largest absolute Gasteiger partial charge is 0.370 e. The van der Waals surface area contributed by atoms with Crippen molar-refractivity contribution in [3.05, 3.63) is 27.6 Å². The highest BCUT2D eigenvalue weighted by molar-refractivity contribution is 14.1. The Bertz CT molecular complexity index is 405. The zero-order valence-corrected chi connectivity index (χ0v) is 9.77. The number of halogens is 2. The lowest BCUT2D eigenvalue weighted by Crippen LogP contribution is -2.26. The minimum Gasteiger partial charge on any atom is -0.370 e. The van der Waals surface area contributed by atoms with Gasteiger partial charge in [-0.05, 0) is 40.8 Å². The lowest BCUT2D eigenvalue weighted by molar-refractivity contribution is 0.627. The standard InChI is InChI=1S/C8H9FIN5/c9-4-1-5(10)3-6(2-4)14-8(13)15-7(11)12/h1-3H,(H6,11,12,13,14,15). The molecule has 7 heteroatoms. The van der Waals surface area contributed by atoms with Crippen molar-refractivity contribution in [2.75, 3.05) is 0 Å². The van der Waals surface area contributed by atoms with Gasteiger partial charge >= 0.3 is 0 Å². The van der Waals surface area contributed by atoms with Crippen molar-refractivity contribution >= 4 is 40.2 Å². The Kier molecular flexibility index (Phi) is 3.83. The summed E-state index contributed by atoms with van der Waals surface area (Å²) in [7, 11) is 0. The van der Waals surface area contributed by atoms with Gasteiger partial charge in [-0.15, -0.1) is 0 Å². The van der Waals surface area contributed by atoms with Gasteiger partial charge in [-0.25, -0.2) is 9.38 Å².